The van der Waals surface area contributed by atoms with Crippen LogP contribution in [0.2, 0.25) is 0 Å². The molecule has 3 aromatic carbocycles. The Kier molecular flexibility index (Phi) is 6.77. The summed E-state index contributed by atoms with van der Waals surface area (Å²) in [6.45, 7) is 1.33. The van der Waals surface area contributed by atoms with E-state index in [1.54, 1.807) is 19.1 Å². The zero-order valence-corrected chi connectivity index (χ0v) is 18.4. The Bertz CT molecular complexity index is 1390. The molecule has 4 aromatic rings. The number of esters is 1. The number of rotatable bonds is 7. The van der Waals surface area contributed by atoms with Crippen LogP contribution in [-0.2, 0) is 15.7 Å². The summed E-state index contributed by atoms with van der Waals surface area (Å²) < 4.78 is 61.7. The Hall–Kier alpha value is -4.27. The van der Waals surface area contributed by atoms with Crippen LogP contribution in [0.1, 0.15) is 12.7 Å². The molecule has 9 heteroatoms. The van der Waals surface area contributed by atoms with Crippen LogP contribution >= 0.6 is 0 Å². The van der Waals surface area contributed by atoms with Gasteiger partial charge < -0.3 is 18.6 Å². The Morgan fingerprint density at radius 2 is 1.57 bits per heavy atom. The number of alkyl halides is 3. The van der Waals surface area contributed by atoms with Gasteiger partial charge in [0.25, 0.3) is 5.76 Å². The highest BCUT2D eigenvalue weighted by Gasteiger charge is 2.40. The molecule has 0 spiro atoms. The molecule has 0 aliphatic heterocycles. The summed E-state index contributed by atoms with van der Waals surface area (Å²) in [5, 5.41) is -0.141. The van der Waals surface area contributed by atoms with Crippen LogP contribution in [0.5, 0.6) is 17.2 Å². The fourth-order valence-corrected chi connectivity index (χ4v) is 3.33. The number of fused-ring (bicyclic) bond motifs is 1. The molecule has 0 amide bonds. The predicted molar refractivity (Wildman–Crippen MR) is 122 cm³/mol. The number of ether oxygens (including phenoxy) is 3. The molecular formula is C26H19F3O6. The van der Waals surface area contributed by atoms with E-state index in [4.69, 9.17) is 18.6 Å². The average Bonchev–Trinajstić information content (AvgIpc) is 2.85. The third kappa shape index (κ3) is 5.46. The summed E-state index contributed by atoms with van der Waals surface area (Å²) in [5.41, 5.74) is 0.384. The summed E-state index contributed by atoms with van der Waals surface area (Å²) >= 11 is 0. The maximum Gasteiger partial charge on any atom is 0.453 e. The van der Waals surface area contributed by atoms with Crippen LogP contribution in [-0.4, -0.2) is 19.2 Å². The number of carbonyl (C=O) groups excluding carboxylic acids is 1. The lowest BCUT2D eigenvalue weighted by molar-refractivity contribution is -0.154. The largest absolute Gasteiger partial charge is 0.482 e. The molecular weight excluding hydrogens is 465 g/mol. The number of carbonyl (C=O) groups is 1. The van der Waals surface area contributed by atoms with Gasteiger partial charge in [-0.1, -0.05) is 42.5 Å². The van der Waals surface area contributed by atoms with E-state index >= 15 is 0 Å². The molecule has 6 nitrogen and oxygen atoms in total. The van der Waals surface area contributed by atoms with Crippen molar-refractivity contribution in [1.82, 2.24) is 0 Å². The molecule has 1 heterocycles. The van der Waals surface area contributed by atoms with Crippen molar-refractivity contribution in [2.24, 2.45) is 0 Å². The summed E-state index contributed by atoms with van der Waals surface area (Å²) in [5.74, 6) is -3.13. The van der Waals surface area contributed by atoms with E-state index in [1.165, 1.54) is 24.3 Å². The molecule has 0 atom stereocenters. The molecule has 0 saturated carbocycles. The molecule has 0 fully saturated rings. The third-order valence-corrected chi connectivity index (χ3v) is 4.92. The fraction of sp³-hybridized carbons (Fsp3) is 0.154. The van der Waals surface area contributed by atoms with Gasteiger partial charge in [0.1, 0.15) is 17.1 Å². The number of hydrogen-bond donors (Lipinski definition) is 0. The first kappa shape index (κ1) is 23.9. The first-order valence-electron chi connectivity index (χ1n) is 10.6. The van der Waals surface area contributed by atoms with E-state index < -0.39 is 35.7 Å². The van der Waals surface area contributed by atoms with Gasteiger partial charge in [-0.15, -0.1) is 0 Å². The molecule has 35 heavy (non-hydrogen) atoms. The zero-order chi connectivity index (χ0) is 25.0. The smallest absolute Gasteiger partial charge is 0.453 e. The second-order valence-corrected chi connectivity index (χ2v) is 7.33. The first-order chi connectivity index (χ1) is 16.8. The summed E-state index contributed by atoms with van der Waals surface area (Å²) in [4.78, 5) is 24.4. The lowest BCUT2D eigenvalue weighted by Gasteiger charge is -2.14. The van der Waals surface area contributed by atoms with E-state index in [-0.39, 0.29) is 29.1 Å². The van der Waals surface area contributed by atoms with Gasteiger partial charge in [-0.05, 0) is 42.3 Å². The van der Waals surface area contributed by atoms with Gasteiger partial charge in [0.05, 0.1) is 12.0 Å². The van der Waals surface area contributed by atoms with E-state index in [2.05, 4.69) is 0 Å². The number of benzene rings is 3. The van der Waals surface area contributed by atoms with Crippen molar-refractivity contribution in [2.45, 2.75) is 13.1 Å². The van der Waals surface area contributed by atoms with E-state index in [0.29, 0.717) is 0 Å². The molecule has 1 aromatic heterocycles. The van der Waals surface area contributed by atoms with Crippen molar-refractivity contribution < 1.29 is 36.6 Å². The predicted octanol–water partition coefficient (Wildman–Crippen LogP) is 6.21. The topological polar surface area (TPSA) is 75.0 Å². The molecule has 0 saturated heterocycles. The molecule has 0 bridgehead atoms. The van der Waals surface area contributed by atoms with E-state index in [9.17, 15) is 22.8 Å². The van der Waals surface area contributed by atoms with Crippen LogP contribution in [0, 0.1) is 0 Å². The van der Waals surface area contributed by atoms with E-state index in [0.717, 1.165) is 17.2 Å². The molecule has 0 N–H and O–H groups in total. The lowest BCUT2D eigenvalue weighted by atomic mass is 10.1. The van der Waals surface area contributed by atoms with Crippen molar-refractivity contribution in [2.75, 3.05) is 13.2 Å². The summed E-state index contributed by atoms with van der Waals surface area (Å²) in [6, 6.07) is 19.3. The minimum Gasteiger partial charge on any atom is -0.482 e. The molecule has 4 rings (SSSR count). The average molecular weight is 484 g/mol. The van der Waals surface area contributed by atoms with Crippen LogP contribution in [0.3, 0.4) is 0 Å². The number of halogens is 3. The Labute approximate surface area is 197 Å². The van der Waals surface area contributed by atoms with Gasteiger partial charge in [0.15, 0.2) is 6.61 Å². The van der Waals surface area contributed by atoms with Crippen LogP contribution in [0.15, 0.2) is 82.0 Å². The van der Waals surface area contributed by atoms with Gasteiger partial charge in [0.2, 0.25) is 11.2 Å². The van der Waals surface area contributed by atoms with Crippen molar-refractivity contribution >= 4 is 16.9 Å². The van der Waals surface area contributed by atoms with Gasteiger partial charge >= 0.3 is 12.1 Å². The molecule has 0 radical (unpaired) electrons. The minimum atomic E-state index is -5.01. The Morgan fingerprint density at radius 1 is 0.914 bits per heavy atom. The highest BCUT2D eigenvalue weighted by Crippen LogP contribution is 2.39. The quantitative estimate of drug-likeness (QED) is 0.290. The van der Waals surface area contributed by atoms with E-state index in [1.807, 2.05) is 30.3 Å². The van der Waals surface area contributed by atoms with Crippen molar-refractivity contribution in [3.05, 3.63) is 88.8 Å². The second kappa shape index (κ2) is 9.92. The van der Waals surface area contributed by atoms with Gasteiger partial charge in [-0.25, -0.2) is 4.79 Å². The van der Waals surface area contributed by atoms with Crippen LogP contribution < -0.4 is 14.9 Å². The van der Waals surface area contributed by atoms with Crippen molar-refractivity contribution in [3.8, 4) is 28.4 Å². The van der Waals surface area contributed by atoms with Crippen LogP contribution in [0.4, 0.5) is 13.2 Å². The fourth-order valence-electron chi connectivity index (χ4n) is 3.33. The van der Waals surface area contributed by atoms with Gasteiger partial charge in [-0.3, -0.25) is 4.79 Å². The highest BCUT2D eigenvalue weighted by molar-refractivity contribution is 5.80. The minimum absolute atomic E-state index is 0.0343. The Morgan fingerprint density at radius 3 is 2.23 bits per heavy atom. The molecule has 0 unspecified atom stereocenters. The van der Waals surface area contributed by atoms with Gasteiger partial charge in [-0.2, -0.15) is 13.2 Å². The monoisotopic (exact) mass is 484 g/mol. The first-order valence-corrected chi connectivity index (χ1v) is 10.6. The maximum absolute atomic E-state index is 13.8. The Balaban J connectivity index is 1.68. The SMILES string of the molecule is CCOC(=O)COc1ccc2c(=O)c(Oc3ccc(-c4ccccc4)cc3)c(C(F)(F)F)oc2c1. The summed E-state index contributed by atoms with van der Waals surface area (Å²) in [7, 11) is 0. The third-order valence-electron chi connectivity index (χ3n) is 4.92. The van der Waals surface area contributed by atoms with Crippen LogP contribution in [0.25, 0.3) is 22.1 Å². The highest BCUT2D eigenvalue weighted by atomic mass is 19.4. The second-order valence-electron chi connectivity index (χ2n) is 7.33. The summed E-state index contributed by atoms with van der Waals surface area (Å²) in [6.07, 6.45) is -5.01. The zero-order valence-electron chi connectivity index (χ0n) is 18.4. The molecule has 180 valence electrons. The standard InChI is InChI=1S/C26H19F3O6/c1-2-32-22(30)15-33-19-12-13-20-21(14-19)35-25(26(27,28)29)24(23(20)31)34-18-10-8-17(9-11-18)16-6-4-3-5-7-16/h3-14H,2,15H2,1H3. The maximum atomic E-state index is 13.8. The van der Waals surface area contributed by atoms with Crippen molar-refractivity contribution in [1.29, 1.82) is 0 Å². The molecule has 0 aliphatic rings. The van der Waals surface area contributed by atoms with Crippen molar-refractivity contribution in [3.63, 3.8) is 0 Å². The number of hydrogen-bond acceptors (Lipinski definition) is 6. The molecule has 0 aliphatic carbocycles. The lowest BCUT2D eigenvalue weighted by Crippen LogP contribution is -2.16. The van der Waals surface area contributed by atoms with Gasteiger partial charge in [0, 0.05) is 6.07 Å². The normalized spacial score (nSPS) is 11.3.